The van der Waals surface area contributed by atoms with E-state index in [0.717, 1.165) is 10.6 Å². The van der Waals surface area contributed by atoms with Crippen molar-refractivity contribution >= 4 is 35.3 Å². The van der Waals surface area contributed by atoms with Crippen molar-refractivity contribution in [1.29, 1.82) is 0 Å². The molecular formula is C22H22ClN3O5. The minimum Gasteiger partial charge on any atom is -0.455 e. The number of halogens is 1. The molecule has 31 heavy (non-hydrogen) atoms. The smallest absolute Gasteiger partial charge is 0.311 e. The standard InChI is InChI=1S/C22H22ClN3O5/c1-14(15-7-3-2-4-8-15)24-19(27)13-31-22(30)16-11-20(28)26(12-16)25-21(29)17-9-5-6-10-18(17)23/h2-10,14,16H,11-13H2,1H3,(H,24,27)(H,25,29)/t14-,16+/m0/s1. The Labute approximate surface area is 184 Å². The van der Waals surface area contributed by atoms with Crippen LogP contribution in [0.25, 0.3) is 0 Å². The van der Waals surface area contributed by atoms with E-state index in [1.165, 1.54) is 6.07 Å². The monoisotopic (exact) mass is 443 g/mol. The summed E-state index contributed by atoms with van der Waals surface area (Å²) in [7, 11) is 0. The van der Waals surface area contributed by atoms with Gasteiger partial charge in [0, 0.05) is 6.42 Å². The molecule has 1 aliphatic heterocycles. The first kappa shape index (κ1) is 22.3. The average molecular weight is 444 g/mol. The number of hydrogen-bond donors (Lipinski definition) is 2. The molecule has 2 N–H and O–H groups in total. The molecule has 2 aromatic rings. The fraction of sp³-hybridized carbons (Fsp3) is 0.273. The lowest BCUT2D eigenvalue weighted by Crippen LogP contribution is -2.43. The first-order valence-electron chi connectivity index (χ1n) is 9.72. The number of amides is 3. The maximum absolute atomic E-state index is 12.3. The van der Waals surface area contributed by atoms with Crippen molar-refractivity contribution in [3.63, 3.8) is 0 Å². The molecule has 8 nitrogen and oxygen atoms in total. The zero-order valence-corrected chi connectivity index (χ0v) is 17.6. The molecule has 0 aliphatic carbocycles. The number of nitrogens with zero attached hydrogens (tertiary/aromatic N) is 1. The second-order valence-corrected chi connectivity index (χ2v) is 7.54. The van der Waals surface area contributed by atoms with Crippen molar-refractivity contribution in [3.05, 3.63) is 70.7 Å². The van der Waals surface area contributed by atoms with E-state index >= 15 is 0 Å². The van der Waals surface area contributed by atoms with Crippen molar-refractivity contribution in [2.75, 3.05) is 13.2 Å². The number of hydrogen-bond acceptors (Lipinski definition) is 5. The minimum atomic E-state index is -0.779. The van der Waals surface area contributed by atoms with Crippen molar-refractivity contribution in [2.45, 2.75) is 19.4 Å². The van der Waals surface area contributed by atoms with Crippen LogP contribution in [0.15, 0.2) is 54.6 Å². The maximum atomic E-state index is 12.3. The largest absolute Gasteiger partial charge is 0.455 e. The fourth-order valence-electron chi connectivity index (χ4n) is 3.16. The SMILES string of the molecule is C[C@H](NC(=O)COC(=O)[C@@H]1CC(=O)N(NC(=O)c2ccccc2Cl)C1)c1ccccc1. The van der Waals surface area contributed by atoms with Crippen LogP contribution in [0.5, 0.6) is 0 Å². The van der Waals surface area contributed by atoms with Crippen molar-refractivity contribution in [3.8, 4) is 0 Å². The third-order valence-electron chi connectivity index (χ3n) is 4.84. The third-order valence-corrected chi connectivity index (χ3v) is 5.17. The number of benzene rings is 2. The van der Waals surface area contributed by atoms with Crippen LogP contribution in [0, 0.1) is 5.92 Å². The predicted octanol–water partition coefficient (Wildman–Crippen LogP) is 2.25. The number of ether oxygens (including phenoxy) is 1. The molecule has 3 amide bonds. The molecule has 0 bridgehead atoms. The number of hydrazine groups is 1. The van der Waals surface area contributed by atoms with Gasteiger partial charge in [0.1, 0.15) is 0 Å². The number of nitrogens with one attached hydrogen (secondary N) is 2. The highest BCUT2D eigenvalue weighted by Crippen LogP contribution is 2.19. The van der Waals surface area contributed by atoms with Crippen molar-refractivity contribution in [1.82, 2.24) is 15.8 Å². The van der Waals surface area contributed by atoms with Crippen LogP contribution < -0.4 is 10.7 Å². The molecule has 1 heterocycles. The van der Waals surface area contributed by atoms with Crippen LogP contribution >= 0.6 is 11.6 Å². The van der Waals surface area contributed by atoms with Gasteiger partial charge in [-0.05, 0) is 24.6 Å². The van der Waals surface area contributed by atoms with Gasteiger partial charge in [0.05, 0.1) is 29.1 Å². The molecule has 3 rings (SSSR count). The van der Waals surface area contributed by atoms with Crippen LogP contribution in [0.4, 0.5) is 0 Å². The molecule has 2 atom stereocenters. The molecule has 0 radical (unpaired) electrons. The average Bonchev–Trinajstić information content (AvgIpc) is 3.13. The summed E-state index contributed by atoms with van der Waals surface area (Å²) < 4.78 is 5.07. The molecule has 162 valence electrons. The number of esters is 1. The van der Waals surface area contributed by atoms with Gasteiger partial charge in [0.15, 0.2) is 6.61 Å². The van der Waals surface area contributed by atoms with Gasteiger partial charge in [-0.15, -0.1) is 0 Å². The van der Waals surface area contributed by atoms with Crippen molar-refractivity contribution < 1.29 is 23.9 Å². The van der Waals surface area contributed by atoms with E-state index in [2.05, 4.69) is 10.7 Å². The molecule has 9 heteroatoms. The minimum absolute atomic E-state index is 0.0457. The summed E-state index contributed by atoms with van der Waals surface area (Å²) in [6.07, 6.45) is -0.121. The zero-order valence-electron chi connectivity index (χ0n) is 16.8. The molecule has 0 aromatic heterocycles. The van der Waals surface area contributed by atoms with Gasteiger partial charge in [-0.3, -0.25) is 29.6 Å². The summed E-state index contributed by atoms with van der Waals surface area (Å²) in [5.41, 5.74) is 3.59. The second kappa shape index (κ2) is 10.1. The normalized spacial score (nSPS) is 16.5. The van der Waals surface area contributed by atoms with Gasteiger partial charge < -0.3 is 10.1 Å². The molecule has 1 saturated heterocycles. The Hall–Kier alpha value is -3.39. The quantitative estimate of drug-likeness (QED) is 0.638. The summed E-state index contributed by atoms with van der Waals surface area (Å²) in [6.45, 7) is 1.33. The highest BCUT2D eigenvalue weighted by Gasteiger charge is 2.37. The van der Waals surface area contributed by atoms with E-state index in [4.69, 9.17) is 16.3 Å². The van der Waals surface area contributed by atoms with Crippen LogP contribution in [-0.4, -0.2) is 41.9 Å². The summed E-state index contributed by atoms with van der Waals surface area (Å²) in [4.78, 5) is 48.9. The van der Waals surface area contributed by atoms with Crippen LogP contribution in [0.2, 0.25) is 5.02 Å². The van der Waals surface area contributed by atoms with Gasteiger partial charge in [0.2, 0.25) is 5.91 Å². The van der Waals surface area contributed by atoms with Crippen LogP contribution in [-0.2, 0) is 19.1 Å². The molecule has 1 fully saturated rings. The first-order chi connectivity index (χ1) is 14.8. The predicted molar refractivity (Wildman–Crippen MR) is 113 cm³/mol. The highest BCUT2D eigenvalue weighted by atomic mass is 35.5. The Kier molecular flexibility index (Phi) is 7.25. The van der Waals surface area contributed by atoms with E-state index in [-0.39, 0.29) is 29.6 Å². The molecule has 2 aromatic carbocycles. The molecular weight excluding hydrogens is 422 g/mol. The highest BCUT2D eigenvalue weighted by molar-refractivity contribution is 6.33. The van der Waals surface area contributed by atoms with E-state index in [0.29, 0.717) is 0 Å². The van der Waals surface area contributed by atoms with Gasteiger partial charge in [-0.1, -0.05) is 54.1 Å². The molecule has 1 aliphatic rings. The lowest BCUT2D eigenvalue weighted by Gasteiger charge is -2.18. The number of rotatable bonds is 7. The van der Waals surface area contributed by atoms with Crippen molar-refractivity contribution in [2.24, 2.45) is 5.92 Å². The second-order valence-electron chi connectivity index (χ2n) is 7.13. The number of carbonyl (C=O) groups is 4. The van der Waals surface area contributed by atoms with E-state index in [1.807, 2.05) is 37.3 Å². The molecule has 0 saturated carbocycles. The third kappa shape index (κ3) is 5.82. The Bertz CT molecular complexity index is 982. The van der Waals surface area contributed by atoms with E-state index in [9.17, 15) is 19.2 Å². The number of carbonyl (C=O) groups excluding carboxylic acids is 4. The molecule has 0 unspecified atom stereocenters. The van der Waals surface area contributed by atoms with Gasteiger partial charge in [0.25, 0.3) is 11.8 Å². The maximum Gasteiger partial charge on any atom is 0.311 e. The Balaban J connectivity index is 1.47. The van der Waals surface area contributed by atoms with E-state index < -0.39 is 36.2 Å². The first-order valence-corrected chi connectivity index (χ1v) is 10.1. The lowest BCUT2D eigenvalue weighted by molar-refractivity contribution is -0.152. The Morgan fingerprint density at radius 1 is 1.13 bits per heavy atom. The molecule has 0 spiro atoms. The van der Waals surface area contributed by atoms with Gasteiger partial charge in [-0.2, -0.15) is 0 Å². The zero-order chi connectivity index (χ0) is 22.4. The summed E-state index contributed by atoms with van der Waals surface area (Å²) in [5, 5.41) is 4.06. The lowest BCUT2D eigenvalue weighted by atomic mass is 10.1. The summed E-state index contributed by atoms with van der Waals surface area (Å²) in [6, 6.07) is 15.6. The summed E-state index contributed by atoms with van der Waals surface area (Å²) in [5.74, 6) is -2.88. The van der Waals surface area contributed by atoms with Gasteiger partial charge >= 0.3 is 5.97 Å². The summed E-state index contributed by atoms with van der Waals surface area (Å²) >= 11 is 5.99. The van der Waals surface area contributed by atoms with Gasteiger partial charge in [-0.25, -0.2) is 0 Å². The topological polar surface area (TPSA) is 105 Å². The van der Waals surface area contributed by atoms with Crippen LogP contribution in [0.1, 0.15) is 35.3 Å². The van der Waals surface area contributed by atoms with E-state index in [1.54, 1.807) is 18.2 Å². The Morgan fingerprint density at radius 2 is 1.81 bits per heavy atom. The van der Waals surface area contributed by atoms with Crippen LogP contribution in [0.3, 0.4) is 0 Å². The fourth-order valence-corrected chi connectivity index (χ4v) is 3.39. The Morgan fingerprint density at radius 3 is 2.52 bits per heavy atom.